The average molecular weight is 482 g/mol. The molecule has 0 aliphatic carbocycles. The molecule has 9 nitrogen and oxygen atoms in total. The van der Waals surface area contributed by atoms with E-state index in [-0.39, 0.29) is 35.8 Å². The molecular formula is C24H27N5O4S. The molecule has 2 heterocycles. The van der Waals surface area contributed by atoms with Crippen molar-refractivity contribution in [2.45, 2.75) is 24.8 Å². The minimum absolute atomic E-state index is 0.0595. The first-order chi connectivity index (χ1) is 16.3. The van der Waals surface area contributed by atoms with Crippen LogP contribution in [0.2, 0.25) is 0 Å². The van der Waals surface area contributed by atoms with E-state index in [1.807, 2.05) is 42.0 Å². The predicted molar refractivity (Wildman–Crippen MR) is 127 cm³/mol. The lowest BCUT2D eigenvalue weighted by Crippen LogP contribution is -2.49. The van der Waals surface area contributed by atoms with Crippen molar-refractivity contribution in [3.8, 4) is 5.69 Å². The summed E-state index contributed by atoms with van der Waals surface area (Å²) in [4.78, 5) is 30.0. The molecule has 1 aromatic heterocycles. The van der Waals surface area contributed by atoms with Crippen LogP contribution in [0.5, 0.6) is 0 Å². The Kier molecular flexibility index (Phi) is 6.80. The van der Waals surface area contributed by atoms with Gasteiger partial charge in [-0.3, -0.25) is 9.59 Å². The minimum atomic E-state index is -3.69. The average Bonchev–Trinajstić information content (AvgIpc) is 3.39. The van der Waals surface area contributed by atoms with Crippen LogP contribution >= 0.6 is 0 Å². The fraction of sp³-hybridized carbons (Fsp3) is 0.292. The second kappa shape index (κ2) is 9.78. The number of sulfonamides is 1. The molecule has 3 aromatic rings. The van der Waals surface area contributed by atoms with Crippen molar-refractivity contribution in [2.24, 2.45) is 0 Å². The van der Waals surface area contributed by atoms with Crippen LogP contribution in [0, 0.1) is 0 Å². The van der Waals surface area contributed by atoms with Gasteiger partial charge < -0.3 is 14.8 Å². The number of benzene rings is 2. The molecule has 1 aliphatic rings. The molecule has 1 saturated heterocycles. The summed E-state index contributed by atoms with van der Waals surface area (Å²) in [6.07, 6.45) is 5.29. The lowest BCUT2D eigenvalue weighted by atomic mass is 10.1. The normalized spacial score (nSPS) is 15.6. The topological polar surface area (TPSA) is 105 Å². The lowest BCUT2D eigenvalue weighted by molar-refractivity contribution is -0.129. The van der Waals surface area contributed by atoms with Crippen LogP contribution in [0.1, 0.15) is 35.8 Å². The van der Waals surface area contributed by atoms with E-state index in [0.717, 1.165) is 11.3 Å². The van der Waals surface area contributed by atoms with Crippen LogP contribution in [0.15, 0.2) is 72.1 Å². The number of carbonyl (C=O) groups is 2. The van der Waals surface area contributed by atoms with Crippen LogP contribution in [0.25, 0.3) is 5.69 Å². The van der Waals surface area contributed by atoms with E-state index >= 15 is 0 Å². The number of nitrogens with zero attached hydrogens (tertiary/aromatic N) is 4. The number of piperazine rings is 1. The standard InChI is InChI=1S/C24H27N5O4S/c1-18(20-3-7-22(8-4-20)28-12-11-25-17-28)26-24(31)21-5-9-23(10-6-21)34(32,33)29-15-13-27(14-16-29)19(2)30/h3-12,17-18H,13-16H2,1-2H3,(H,26,31)/t18-/m0/s1. The Morgan fingerprint density at radius 2 is 1.62 bits per heavy atom. The summed E-state index contributed by atoms with van der Waals surface area (Å²) < 4.78 is 29.1. The largest absolute Gasteiger partial charge is 0.346 e. The summed E-state index contributed by atoms with van der Waals surface area (Å²) in [5.41, 5.74) is 2.29. The fourth-order valence-corrected chi connectivity index (χ4v) is 5.30. The predicted octanol–water partition coefficient (Wildman–Crippen LogP) is 2.22. The SMILES string of the molecule is CC(=O)N1CCN(S(=O)(=O)c2ccc(C(=O)N[C@@H](C)c3ccc(-n4ccnc4)cc3)cc2)CC1. The van der Waals surface area contributed by atoms with Crippen molar-refractivity contribution < 1.29 is 18.0 Å². The molecule has 1 fully saturated rings. The second-order valence-corrected chi connectivity index (χ2v) is 10.1. The highest BCUT2D eigenvalue weighted by Crippen LogP contribution is 2.20. The van der Waals surface area contributed by atoms with Gasteiger partial charge in [0.15, 0.2) is 0 Å². The summed E-state index contributed by atoms with van der Waals surface area (Å²) in [6.45, 7) is 4.62. The van der Waals surface area contributed by atoms with E-state index in [2.05, 4.69) is 10.3 Å². The quantitative estimate of drug-likeness (QED) is 0.581. The monoisotopic (exact) mass is 481 g/mol. The fourth-order valence-electron chi connectivity index (χ4n) is 3.88. The Balaban J connectivity index is 1.38. The molecule has 4 rings (SSSR count). The highest BCUT2D eigenvalue weighted by atomic mass is 32.2. The zero-order chi connectivity index (χ0) is 24.3. The van der Waals surface area contributed by atoms with Gasteiger partial charge in [0.2, 0.25) is 15.9 Å². The van der Waals surface area contributed by atoms with E-state index in [9.17, 15) is 18.0 Å². The molecule has 0 radical (unpaired) electrons. The third-order valence-electron chi connectivity index (χ3n) is 5.98. The summed E-state index contributed by atoms with van der Waals surface area (Å²) in [7, 11) is -3.69. The molecule has 0 saturated carbocycles. The number of rotatable bonds is 6. The van der Waals surface area contributed by atoms with Crippen LogP contribution < -0.4 is 5.32 Å². The van der Waals surface area contributed by atoms with Crippen LogP contribution in [0.4, 0.5) is 0 Å². The molecule has 0 bridgehead atoms. The van der Waals surface area contributed by atoms with E-state index in [4.69, 9.17) is 0 Å². The Morgan fingerprint density at radius 3 is 2.18 bits per heavy atom. The van der Waals surface area contributed by atoms with E-state index in [1.54, 1.807) is 17.4 Å². The zero-order valence-electron chi connectivity index (χ0n) is 19.1. The summed E-state index contributed by atoms with van der Waals surface area (Å²) in [6, 6.07) is 13.5. The van der Waals surface area contributed by atoms with E-state index < -0.39 is 10.0 Å². The van der Waals surface area contributed by atoms with Gasteiger partial charge in [0.1, 0.15) is 0 Å². The number of nitrogens with one attached hydrogen (secondary N) is 1. The lowest BCUT2D eigenvalue weighted by Gasteiger charge is -2.33. The molecule has 34 heavy (non-hydrogen) atoms. The van der Waals surface area contributed by atoms with Gasteiger partial charge in [-0.2, -0.15) is 4.31 Å². The van der Waals surface area contributed by atoms with Gasteiger partial charge in [0.25, 0.3) is 5.91 Å². The number of hydrogen-bond acceptors (Lipinski definition) is 5. The first-order valence-electron chi connectivity index (χ1n) is 11.0. The molecule has 0 unspecified atom stereocenters. The third kappa shape index (κ3) is 5.02. The van der Waals surface area contributed by atoms with Crippen LogP contribution in [0.3, 0.4) is 0 Å². The highest BCUT2D eigenvalue weighted by Gasteiger charge is 2.29. The van der Waals surface area contributed by atoms with Gasteiger partial charge in [0, 0.05) is 56.7 Å². The third-order valence-corrected chi connectivity index (χ3v) is 7.89. The first-order valence-corrected chi connectivity index (χ1v) is 12.4. The summed E-state index contributed by atoms with van der Waals surface area (Å²) in [5.74, 6) is -0.346. The van der Waals surface area contributed by atoms with Crippen molar-refractivity contribution in [3.05, 3.63) is 78.4 Å². The van der Waals surface area contributed by atoms with Gasteiger partial charge in [-0.15, -0.1) is 0 Å². The van der Waals surface area contributed by atoms with Crippen molar-refractivity contribution in [1.29, 1.82) is 0 Å². The molecule has 1 aliphatic heterocycles. The Bertz CT molecular complexity index is 1250. The smallest absolute Gasteiger partial charge is 0.251 e. The highest BCUT2D eigenvalue weighted by molar-refractivity contribution is 7.89. The number of aromatic nitrogens is 2. The number of hydrogen-bond donors (Lipinski definition) is 1. The molecule has 1 N–H and O–H groups in total. The van der Waals surface area contributed by atoms with Gasteiger partial charge in [0.05, 0.1) is 17.3 Å². The minimum Gasteiger partial charge on any atom is -0.346 e. The van der Waals surface area contributed by atoms with Crippen LogP contribution in [-0.4, -0.2) is 65.2 Å². The van der Waals surface area contributed by atoms with Gasteiger partial charge in [-0.05, 0) is 48.9 Å². The maximum absolute atomic E-state index is 12.9. The first kappa shape index (κ1) is 23.7. The Labute approximate surface area is 199 Å². The second-order valence-electron chi connectivity index (χ2n) is 8.19. The van der Waals surface area contributed by atoms with Gasteiger partial charge in [-0.25, -0.2) is 13.4 Å². The summed E-state index contributed by atoms with van der Waals surface area (Å²) >= 11 is 0. The van der Waals surface area contributed by atoms with Crippen molar-refractivity contribution in [3.63, 3.8) is 0 Å². The Morgan fingerprint density at radius 1 is 0.971 bits per heavy atom. The Hall–Kier alpha value is -3.50. The molecule has 2 aromatic carbocycles. The van der Waals surface area contributed by atoms with Gasteiger partial charge in [-0.1, -0.05) is 12.1 Å². The van der Waals surface area contributed by atoms with E-state index in [0.29, 0.717) is 18.7 Å². The summed E-state index contributed by atoms with van der Waals surface area (Å²) in [5, 5.41) is 2.95. The molecule has 178 valence electrons. The molecule has 10 heteroatoms. The molecule has 1 atom stereocenters. The van der Waals surface area contributed by atoms with Crippen LogP contribution in [-0.2, 0) is 14.8 Å². The van der Waals surface area contributed by atoms with Crippen molar-refractivity contribution in [2.75, 3.05) is 26.2 Å². The van der Waals surface area contributed by atoms with Crippen molar-refractivity contribution in [1.82, 2.24) is 24.1 Å². The van der Waals surface area contributed by atoms with Gasteiger partial charge >= 0.3 is 0 Å². The zero-order valence-corrected chi connectivity index (χ0v) is 19.9. The maximum Gasteiger partial charge on any atom is 0.251 e. The molecule has 0 spiro atoms. The van der Waals surface area contributed by atoms with E-state index in [1.165, 1.54) is 35.5 Å². The molecular weight excluding hydrogens is 454 g/mol. The molecule has 2 amide bonds. The number of carbonyl (C=O) groups excluding carboxylic acids is 2. The number of imidazole rings is 1. The maximum atomic E-state index is 12.9. The van der Waals surface area contributed by atoms with Crippen molar-refractivity contribution >= 4 is 21.8 Å². The number of amides is 2.